The van der Waals surface area contributed by atoms with Gasteiger partial charge < -0.3 is 9.92 Å². The van der Waals surface area contributed by atoms with Gasteiger partial charge in [-0.1, -0.05) is 30.3 Å². The highest BCUT2D eigenvalue weighted by Crippen LogP contribution is 2.24. The van der Waals surface area contributed by atoms with Crippen LogP contribution in [-0.2, 0) is 10.1 Å². The molecule has 0 aromatic heterocycles. The summed E-state index contributed by atoms with van der Waals surface area (Å²) in [5.74, 6) is -2.35. The van der Waals surface area contributed by atoms with Gasteiger partial charge in [0.25, 0.3) is 0 Å². The molecule has 0 unspecified atom stereocenters. The minimum absolute atomic E-state index is 0.0559. The summed E-state index contributed by atoms with van der Waals surface area (Å²) in [5, 5.41) is 0. The molecule has 0 fully saturated rings. The maximum absolute atomic E-state index is 13.3. The highest BCUT2D eigenvalue weighted by molar-refractivity contribution is 7.87. The number of benzene rings is 2. The fraction of sp³-hybridized carbons (Fsp3) is 0.0714. The zero-order chi connectivity index (χ0) is 15.5. The van der Waals surface area contributed by atoms with Gasteiger partial charge in [-0.2, -0.15) is 8.42 Å². The molecule has 0 radical (unpaired) electrons. The molecule has 7 heteroatoms. The lowest BCUT2D eigenvalue weighted by Crippen LogP contribution is -2.21. The first kappa shape index (κ1) is 15.1. The Bertz CT molecular complexity index is 760. The molecule has 2 aromatic carbocycles. The Morgan fingerprint density at radius 3 is 2.43 bits per heavy atom. The number of ketones is 1. The van der Waals surface area contributed by atoms with Gasteiger partial charge in [-0.05, 0) is 12.1 Å². The van der Waals surface area contributed by atoms with Crippen molar-refractivity contribution in [1.82, 2.24) is 0 Å². The summed E-state index contributed by atoms with van der Waals surface area (Å²) in [6.45, 7) is 0. The topological polar surface area (TPSA) is 86.5 Å². The third-order valence-electron chi connectivity index (χ3n) is 2.65. The average molecular weight is 309 g/mol. The lowest BCUT2D eigenvalue weighted by molar-refractivity contribution is 0.103. The Morgan fingerprint density at radius 2 is 1.81 bits per heavy atom. The molecule has 0 bridgehead atoms. The molecule has 5 nitrogen and oxygen atoms in total. The van der Waals surface area contributed by atoms with E-state index in [4.69, 9.17) is 9.92 Å². The maximum Gasteiger partial charge on any atom is 0.322 e. The van der Waals surface area contributed by atoms with Crippen LogP contribution in [-0.4, -0.2) is 20.1 Å². The number of rotatable bonds is 5. The number of nitrogens with two attached hydrogens (primary N) is 1. The number of hydrogen-bond donors (Lipinski definition) is 1. The molecule has 0 spiro atoms. The number of carbonyl (C=O) groups is 1. The van der Waals surface area contributed by atoms with Crippen LogP contribution in [0.3, 0.4) is 0 Å². The summed E-state index contributed by atoms with van der Waals surface area (Å²) >= 11 is 0. The molecule has 0 heterocycles. The quantitative estimate of drug-likeness (QED) is 0.671. The first-order chi connectivity index (χ1) is 9.93. The predicted octanol–water partition coefficient (Wildman–Crippen LogP) is 1.68. The Hall–Kier alpha value is -2.25. The van der Waals surface area contributed by atoms with Crippen LogP contribution < -0.4 is 9.92 Å². The van der Waals surface area contributed by atoms with Gasteiger partial charge in [0, 0.05) is 11.6 Å². The van der Waals surface area contributed by atoms with Gasteiger partial charge in [0.1, 0.15) is 11.7 Å². The van der Waals surface area contributed by atoms with Gasteiger partial charge in [0.05, 0.1) is 5.56 Å². The molecule has 0 aliphatic carbocycles. The molecule has 2 aromatic rings. The van der Waals surface area contributed by atoms with E-state index in [1.165, 1.54) is 6.07 Å². The average Bonchev–Trinajstić information content (AvgIpc) is 2.47. The van der Waals surface area contributed by atoms with Crippen molar-refractivity contribution in [2.24, 2.45) is 5.73 Å². The maximum atomic E-state index is 13.3. The zero-order valence-electron chi connectivity index (χ0n) is 10.8. The summed E-state index contributed by atoms with van der Waals surface area (Å²) in [4.78, 5) is 12.3. The summed E-state index contributed by atoms with van der Waals surface area (Å²) in [6, 6.07) is 11.2. The predicted molar refractivity (Wildman–Crippen MR) is 74.9 cm³/mol. The van der Waals surface area contributed by atoms with E-state index in [9.17, 15) is 17.6 Å². The molecule has 0 aliphatic heterocycles. The van der Waals surface area contributed by atoms with E-state index < -0.39 is 27.6 Å². The standard InChI is InChI=1S/C14H12FNO4S/c15-11-6-7-12(13(8-11)20-21(18,19)9-16)14(17)10-4-2-1-3-5-10/h1-8H,9,16H2. The van der Waals surface area contributed by atoms with Crippen molar-refractivity contribution in [1.29, 1.82) is 0 Å². The van der Waals surface area contributed by atoms with E-state index in [0.29, 0.717) is 5.56 Å². The SMILES string of the molecule is NCS(=O)(=O)Oc1cc(F)ccc1C(=O)c1ccccc1. The van der Waals surface area contributed by atoms with Gasteiger partial charge in [-0.25, -0.2) is 4.39 Å². The zero-order valence-corrected chi connectivity index (χ0v) is 11.6. The second-order valence-corrected chi connectivity index (χ2v) is 5.76. The smallest absolute Gasteiger partial charge is 0.322 e. The molecule has 21 heavy (non-hydrogen) atoms. The van der Waals surface area contributed by atoms with Crippen molar-refractivity contribution in [3.63, 3.8) is 0 Å². The van der Waals surface area contributed by atoms with Crippen molar-refractivity contribution < 1.29 is 21.8 Å². The van der Waals surface area contributed by atoms with Crippen LogP contribution in [0.2, 0.25) is 0 Å². The van der Waals surface area contributed by atoms with Crippen molar-refractivity contribution in [3.8, 4) is 5.75 Å². The van der Waals surface area contributed by atoms with E-state index in [1.807, 2.05) is 0 Å². The minimum Gasteiger partial charge on any atom is -0.381 e. The third kappa shape index (κ3) is 3.65. The number of carbonyl (C=O) groups excluding carboxylic acids is 1. The van der Waals surface area contributed by atoms with E-state index in [0.717, 1.165) is 12.1 Å². The highest BCUT2D eigenvalue weighted by Gasteiger charge is 2.19. The third-order valence-corrected chi connectivity index (χ3v) is 3.49. The highest BCUT2D eigenvalue weighted by atomic mass is 32.2. The van der Waals surface area contributed by atoms with Gasteiger partial charge in [0.15, 0.2) is 11.5 Å². The normalized spacial score (nSPS) is 11.1. The summed E-state index contributed by atoms with van der Waals surface area (Å²) in [6.07, 6.45) is 0. The van der Waals surface area contributed by atoms with Crippen molar-refractivity contribution in [2.45, 2.75) is 0 Å². The first-order valence-electron chi connectivity index (χ1n) is 5.94. The number of hydrogen-bond acceptors (Lipinski definition) is 5. The monoisotopic (exact) mass is 309 g/mol. The van der Waals surface area contributed by atoms with Crippen molar-refractivity contribution in [2.75, 3.05) is 5.88 Å². The Morgan fingerprint density at radius 1 is 1.14 bits per heavy atom. The summed E-state index contributed by atoms with van der Waals surface area (Å²) in [7, 11) is -4.07. The Balaban J connectivity index is 2.47. The largest absolute Gasteiger partial charge is 0.381 e. The minimum atomic E-state index is -4.07. The van der Waals surface area contributed by atoms with Crippen LogP contribution >= 0.6 is 0 Å². The van der Waals surface area contributed by atoms with Crippen LogP contribution in [0.1, 0.15) is 15.9 Å². The molecular formula is C14H12FNO4S. The molecule has 110 valence electrons. The van der Waals surface area contributed by atoms with Gasteiger partial charge in [0.2, 0.25) is 0 Å². The summed E-state index contributed by atoms with van der Waals surface area (Å²) < 4.78 is 40.8. The van der Waals surface area contributed by atoms with Crippen LogP contribution in [0.25, 0.3) is 0 Å². The fourth-order valence-corrected chi connectivity index (χ4v) is 2.15. The van der Waals surface area contributed by atoms with E-state index in [1.54, 1.807) is 30.3 Å². The Labute approximate surface area is 121 Å². The molecule has 0 aliphatic rings. The van der Waals surface area contributed by atoms with E-state index in [-0.39, 0.29) is 11.3 Å². The van der Waals surface area contributed by atoms with Gasteiger partial charge in [-0.3, -0.25) is 4.79 Å². The van der Waals surface area contributed by atoms with Crippen LogP contribution in [0.15, 0.2) is 48.5 Å². The fourth-order valence-electron chi connectivity index (χ4n) is 1.67. The van der Waals surface area contributed by atoms with Gasteiger partial charge in [-0.15, -0.1) is 0 Å². The van der Waals surface area contributed by atoms with Gasteiger partial charge >= 0.3 is 10.1 Å². The summed E-state index contributed by atoms with van der Waals surface area (Å²) in [5.41, 5.74) is 5.31. The molecule has 0 saturated heterocycles. The molecule has 0 atom stereocenters. The van der Waals surface area contributed by atoms with Crippen LogP contribution in [0.4, 0.5) is 4.39 Å². The molecule has 0 saturated carbocycles. The molecular weight excluding hydrogens is 297 g/mol. The number of halogens is 1. The van der Waals surface area contributed by atoms with E-state index in [2.05, 4.69) is 0 Å². The molecule has 2 rings (SSSR count). The lowest BCUT2D eigenvalue weighted by Gasteiger charge is -2.10. The second kappa shape index (κ2) is 6.02. The van der Waals surface area contributed by atoms with Crippen molar-refractivity contribution in [3.05, 3.63) is 65.5 Å². The Kier molecular flexibility index (Phi) is 4.35. The van der Waals surface area contributed by atoms with E-state index >= 15 is 0 Å². The second-order valence-electron chi connectivity index (χ2n) is 4.14. The molecule has 2 N–H and O–H groups in total. The lowest BCUT2D eigenvalue weighted by atomic mass is 10.0. The van der Waals surface area contributed by atoms with Crippen LogP contribution in [0, 0.1) is 5.82 Å². The molecule has 0 amide bonds. The van der Waals surface area contributed by atoms with Crippen molar-refractivity contribution >= 4 is 15.9 Å². The van der Waals surface area contributed by atoms with Crippen LogP contribution in [0.5, 0.6) is 5.75 Å². The first-order valence-corrected chi connectivity index (χ1v) is 7.52.